The molecular formula is C10H20N2O3. The lowest BCUT2D eigenvalue weighted by Crippen LogP contribution is -2.50. The monoisotopic (exact) mass is 216 g/mol. The number of nitrogens with two attached hydrogens (primary N) is 1. The first-order valence-electron chi connectivity index (χ1n) is 5.21. The molecule has 1 amide bonds. The van der Waals surface area contributed by atoms with Crippen molar-refractivity contribution in [2.24, 2.45) is 5.73 Å². The number of amides is 1. The molecule has 88 valence electrons. The van der Waals surface area contributed by atoms with Gasteiger partial charge in [-0.1, -0.05) is 0 Å². The van der Waals surface area contributed by atoms with E-state index in [2.05, 4.69) is 0 Å². The maximum Gasteiger partial charge on any atom is 0.412 e. The molecule has 0 radical (unpaired) electrons. The standard InChI is InChI=1S/C10H20N2O3/c1-10(2,3)15-9(13)12-7-14-5-4-8(12)6-11/h8H,4-7,11H2,1-3H3. The fourth-order valence-corrected chi connectivity index (χ4v) is 1.41. The third kappa shape index (κ3) is 3.68. The third-order valence-corrected chi connectivity index (χ3v) is 2.17. The van der Waals surface area contributed by atoms with Crippen molar-refractivity contribution in [3.05, 3.63) is 0 Å². The Kier molecular flexibility index (Phi) is 3.93. The molecule has 5 nitrogen and oxygen atoms in total. The minimum atomic E-state index is -0.478. The van der Waals surface area contributed by atoms with Gasteiger partial charge in [0.15, 0.2) is 0 Å². The molecule has 0 aliphatic carbocycles. The molecule has 1 aliphatic rings. The Hall–Kier alpha value is -0.810. The second kappa shape index (κ2) is 4.81. The smallest absolute Gasteiger partial charge is 0.412 e. The molecule has 15 heavy (non-hydrogen) atoms. The SMILES string of the molecule is CC(C)(C)OC(=O)N1COCCC1CN. The average molecular weight is 216 g/mol. The summed E-state index contributed by atoms with van der Waals surface area (Å²) in [6, 6.07) is 0.0357. The number of hydrogen-bond acceptors (Lipinski definition) is 4. The van der Waals surface area contributed by atoms with Gasteiger partial charge in [0, 0.05) is 6.54 Å². The van der Waals surface area contributed by atoms with E-state index < -0.39 is 5.60 Å². The predicted octanol–water partition coefficient (Wildman–Crippen LogP) is 0.929. The number of ether oxygens (including phenoxy) is 2. The highest BCUT2D eigenvalue weighted by Gasteiger charge is 2.29. The van der Waals surface area contributed by atoms with Crippen LogP contribution in [0.5, 0.6) is 0 Å². The quantitative estimate of drug-likeness (QED) is 0.708. The van der Waals surface area contributed by atoms with Gasteiger partial charge in [0.1, 0.15) is 12.3 Å². The van der Waals surface area contributed by atoms with Gasteiger partial charge in [0.25, 0.3) is 0 Å². The van der Waals surface area contributed by atoms with Gasteiger partial charge in [-0.05, 0) is 27.2 Å². The van der Waals surface area contributed by atoms with Gasteiger partial charge in [-0.2, -0.15) is 0 Å². The molecule has 0 aromatic rings. The van der Waals surface area contributed by atoms with Crippen LogP contribution in [0.3, 0.4) is 0 Å². The van der Waals surface area contributed by atoms with Gasteiger partial charge in [-0.3, -0.25) is 4.90 Å². The predicted molar refractivity (Wildman–Crippen MR) is 56.4 cm³/mol. The Morgan fingerprint density at radius 1 is 1.60 bits per heavy atom. The molecule has 1 fully saturated rings. The van der Waals surface area contributed by atoms with E-state index in [0.717, 1.165) is 6.42 Å². The van der Waals surface area contributed by atoms with Crippen LogP contribution in [0.2, 0.25) is 0 Å². The molecule has 0 aromatic carbocycles. The van der Waals surface area contributed by atoms with Crippen LogP contribution in [0.15, 0.2) is 0 Å². The van der Waals surface area contributed by atoms with E-state index in [4.69, 9.17) is 15.2 Å². The molecule has 1 atom stereocenters. The topological polar surface area (TPSA) is 64.8 Å². The molecule has 0 spiro atoms. The first-order valence-corrected chi connectivity index (χ1v) is 5.21. The van der Waals surface area contributed by atoms with Gasteiger partial charge < -0.3 is 15.2 Å². The zero-order valence-corrected chi connectivity index (χ0v) is 9.66. The number of hydrogen-bond donors (Lipinski definition) is 1. The fourth-order valence-electron chi connectivity index (χ4n) is 1.41. The normalized spacial score (nSPS) is 22.7. The zero-order valence-electron chi connectivity index (χ0n) is 9.66. The van der Waals surface area contributed by atoms with Crippen molar-refractivity contribution in [1.29, 1.82) is 0 Å². The molecule has 0 aromatic heterocycles. The van der Waals surface area contributed by atoms with E-state index in [9.17, 15) is 4.79 Å². The molecule has 1 saturated heterocycles. The highest BCUT2D eigenvalue weighted by molar-refractivity contribution is 5.68. The minimum Gasteiger partial charge on any atom is -0.444 e. The molecular weight excluding hydrogens is 196 g/mol. The molecule has 1 heterocycles. The number of carbonyl (C=O) groups excluding carboxylic acids is 1. The molecule has 5 heteroatoms. The summed E-state index contributed by atoms with van der Waals surface area (Å²) in [5.74, 6) is 0. The van der Waals surface area contributed by atoms with Crippen LogP contribution >= 0.6 is 0 Å². The second-order valence-electron chi connectivity index (χ2n) is 4.67. The van der Waals surface area contributed by atoms with Crippen LogP contribution in [-0.4, -0.2) is 42.5 Å². The lowest BCUT2D eigenvalue weighted by molar-refractivity contribution is -0.0576. The summed E-state index contributed by atoms with van der Waals surface area (Å²) in [6.07, 6.45) is 0.424. The second-order valence-corrected chi connectivity index (χ2v) is 4.67. The van der Waals surface area contributed by atoms with E-state index >= 15 is 0 Å². The van der Waals surface area contributed by atoms with Crippen LogP contribution in [0, 0.1) is 0 Å². The Labute approximate surface area is 90.5 Å². The highest BCUT2D eigenvalue weighted by Crippen LogP contribution is 2.15. The van der Waals surface area contributed by atoms with Gasteiger partial charge in [-0.25, -0.2) is 4.79 Å². The lowest BCUT2D eigenvalue weighted by Gasteiger charge is -2.35. The minimum absolute atomic E-state index is 0.0357. The van der Waals surface area contributed by atoms with Gasteiger partial charge in [-0.15, -0.1) is 0 Å². The summed E-state index contributed by atoms with van der Waals surface area (Å²) >= 11 is 0. The number of rotatable bonds is 1. The molecule has 1 unspecified atom stereocenters. The van der Waals surface area contributed by atoms with Crippen LogP contribution in [-0.2, 0) is 9.47 Å². The Balaban J connectivity index is 2.56. The molecule has 1 rings (SSSR count). The summed E-state index contributed by atoms with van der Waals surface area (Å²) in [5, 5.41) is 0. The average Bonchev–Trinajstić information content (AvgIpc) is 2.15. The maximum absolute atomic E-state index is 11.8. The van der Waals surface area contributed by atoms with Gasteiger partial charge in [0.2, 0.25) is 0 Å². The Morgan fingerprint density at radius 2 is 2.27 bits per heavy atom. The van der Waals surface area contributed by atoms with E-state index in [1.54, 1.807) is 4.90 Å². The fraction of sp³-hybridized carbons (Fsp3) is 0.900. The van der Waals surface area contributed by atoms with Gasteiger partial charge in [0.05, 0.1) is 12.6 Å². The molecule has 0 bridgehead atoms. The van der Waals surface area contributed by atoms with E-state index in [1.807, 2.05) is 20.8 Å². The van der Waals surface area contributed by atoms with Crippen LogP contribution in [0.4, 0.5) is 4.79 Å². The largest absolute Gasteiger partial charge is 0.444 e. The van der Waals surface area contributed by atoms with Crippen LogP contribution in [0.1, 0.15) is 27.2 Å². The van der Waals surface area contributed by atoms with Crippen molar-refractivity contribution in [3.63, 3.8) is 0 Å². The summed E-state index contributed by atoms with van der Waals surface area (Å²) in [6.45, 7) is 6.90. The number of nitrogens with zero attached hydrogens (tertiary/aromatic N) is 1. The van der Waals surface area contributed by atoms with Crippen LogP contribution in [0.25, 0.3) is 0 Å². The van der Waals surface area contributed by atoms with Gasteiger partial charge >= 0.3 is 6.09 Å². The third-order valence-electron chi connectivity index (χ3n) is 2.17. The highest BCUT2D eigenvalue weighted by atomic mass is 16.6. The zero-order chi connectivity index (χ0) is 11.5. The van der Waals surface area contributed by atoms with Crippen molar-refractivity contribution in [1.82, 2.24) is 4.90 Å². The van der Waals surface area contributed by atoms with Crippen molar-refractivity contribution in [3.8, 4) is 0 Å². The molecule has 1 aliphatic heterocycles. The Morgan fingerprint density at radius 3 is 2.80 bits per heavy atom. The number of carbonyl (C=O) groups is 1. The molecule has 0 saturated carbocycles. The van der Waals surface area contributed by atoms with Crippen molar-refractivity contribution in [2.45, 2.75) is 38.8 Å². The first kappa shape index (κ1) is 12.3. The molecule has 2 N–H and O–H groups in total. The van der Waals surface area contributed by atoms with E-state index in [1.165, 1.54) is 0 Å². The Bertz CT molecular complexity index is 225. The lowest BCUT2D eigenvalue weighted by atomic mass is 10.1. The van der Waals surface area contributed by atoms with Crippen molar-refractivity contribution < 1.29 is 14.3 Å². The maximum atomic E-state index is 11.8. The summed E-state index contributed by atoms with van der Waals surface area (Å²) in [4.78, 5) is 13.3. The summed E-state index contributed by atoms with van der Waals surface area (Å²) in [7, 11) is 0. The van der Waals surface area contributed by atoms with Crippen LogP contribution < -0.4 is 5.73 Å². The van der Waals surface area contributed by atoms with Crippen molar-refractivity contribution in [2.75, 3.05) is 19.9 Å². The first-order chi connectivity index (χ1) is 6.94. The summed E-state index contributed by atoms with van der Waals surface area (Å²) in [5.41, 5.74) is 5.11. The summed E-state index contributed by atoms with van der Waals surface area (Å²) < 4.78 is 10.5. The van der Waals surface area contributed by atoms with Crippen molar-refractivity contribution >= 4 is 6.09 Å². The van der Waals surface area contributed by atoms with E-state index in [0.29, 0.717) is 13.2 Å². The van der Waals surface area contributed by atoms with E-state index in [-0.39, 0.29) is 18.9 Å².